The summed E-state index contributed by atoms with van der Waals surface area (Å²) in [5, 5.41) is 12.8. The minimum Gasteiger partial charge on any atom is -0.502 e. The molecule has 4 aliphatic heterocycles. The quantitative estimate of drug-likeness (QED) is 0.588. The molecule has 190 valence electrons. The highest BCUT2D eigenvalue weighted by atomic mass is 19.1. The predicted molar refractivity (Wildman–Crippen MR) is 130 cm³/mol. The Morgan fingerprint density at radius 3 is 2.22 bits per heavy atom. The minimum atomic E-state index is -0.644. The highest BCUT2D eigenvalue weighted by molar-refractivity contribution is 5.96. The number of fused-ring (bicyclic) bond motifs is 4. The second-order valence-electron chi connectivity index (χ2n) is 10.5. The molecule has 4 atom stereocenters. The maximum atomic E-state index is 14.0. The average molecular weight is 506 g/mol. The van der Waals surface area contributed by atoms with Gasteiger partial charge in [0.15, 0.2) is 11.4 Å². The number of benzene rings is 2. The van der Waals surface area contributed by atoms with Crippen molar-refractivity contribution in [1.29, 1.82) is 0 Å². The molecule has 0 aliphatic carbocycles. The van der Waals surface area contributed by atoms with Gasteiger partial charge in [0.1, 0.15) is 17.8 Å². The van der Waals surface area contributed by atoms with Gasteiger partial charge in [0.2, 0.25) is 5.43 Å². The van der Waals surface area contributed by atoms with Gasteiger partial charge in [-0.2, -0.15) is 0 Å². The Kier molecular flexibility index (Phi) is 4.79. The SMILES string of the molecule is O=C1c2c(O)c(=O)ccn2N(C(c2ccc(F)cc2)c2ccc(F)cc2)[C@@H]2[C@H]3C[C@@H]4CC[C@@]3(CCN12)O4. The number of rotatable bonds is 3. The van der Waals surface area contributed by atoms with Gasteiger partial charge in [-0.25, -0.2) is 8.78 Å². The number of ether oxygens (including phenoxy) is 1. The van der Waals surface area contributed by atoms with E-state index in [1.807, 2.05) is 5.01 Å². The summed E-state index contributed by atoms with van der Waals surface area (Å²) in [6, 6.07) is 12.8. The molecule has 1 amide bonds. The summed E-state index contributed by atoms with van der Waals surface area (Å²) in [5.74, 6) is -1.82. The topological polar surface area (TPSA) is 75.0 Å². The van der Waals surface area contributed by atoms with Crippen molar-refractivity contribution in [3.05, 3.63) is 99.5 Å². The van der Waals surface area contributed by atoms with E-state index in [2.05, 4.69) is 0 Å². The number of amides is 1. The number of aromatic nitrogens is 1. The molecule has 7 rings (SSSR count). The lowest BCUT2D eigenvalue weighted by molar-refractivity contribution is -0.0756. The monoisotopic (exact) mass is 505 g/mol. The van der Waals surface area contributed by atoms with Crippen LogP contribution in [-0.4, -0.2) is 45.0 Å². The van der Waals surface area contributed by atoms with Gasteiger partial charge in [0.25, 0.3) is 5.91 Å². The summed E-state index contributed by atoms with van der Waals surface area (Å²) in [5.41, 5.74) is 0.331. The number of piperidine rings is 1. The van der Waals surface area contributed by atoms with Gasteiger partial charge in [-0.15, -0.1) is 0 Å². The normalized spacial score (nSPS) is 27.9. The van der Waals surface area contributed by atoms with Crippen LogP contribution in [0.1, 0.15) is 53.3 Å². The zero-order valence-electron chi connectivity index (χ0n) is 19.9. The molecule has 1 N–H and O–H groups in total. The highest BCUT2D eigenvalue weighted by Crippen LogP contribution is 2.56. The van der Waals surface area contributed by atoms with Crippen LogP contribution in [0.25, 0.3) is 0 Å². The van der Waals surface area contributed by atoms with Crippen molar-refractivity contribution in [1.82, 2.24) is 9.58 Å². The van der Waals surface area contributed by atoms with Crippen molar-refractivity contribution in [3.8, 4) is 5.75 Å². The Morgan fingerprint density at radius 2 is 1.59 bits per heavy atom. The molecule has 9 heteroatoms. The maximum Gasteiger partial charge on any atom is 0.278 e. The molecule has 2 aromatic carbocycles. The number of halogens is 2. The molecule has 1 aromatic heterocycles. The minimum absolute atomic E-state index is 0.0120. The summed E-state index contributed by atoms with van der Waals surface area (Å²) in [6.45, 7) is 0.408. The second-order valence-corrected chi connectivity index (χ2v) is 10.5. The number of hydrogen-bond acceptors (Lipinski definition) is 5. The molecule has 37 heavy (non-hydrogen) atoms. The Bertz CT molecular complexity index is 1410. The summed E-state index contributed by atoms with van der Waals surface area (Å²) in [4.78, 5) is 27.9. The molecule has 0 radical (unpaired) electrons. The van der Waals surface area contributed by atoms with Gasteiger partial charge >= 0.3 is 0 Å². The summed E-state index contributed by atoms with van der Waals surface area (Å²) in [6.07, 6.45) is 4.53. The lowest BCUT2D eigenvalue weighted by Crippen LogP contribution is -2.70. The molecule has 0 unspecified atom stereocenters. The van der Waals surface area contributed by atoms with Gasteiger partial charge in [0.05, 0.1) is 17.7 Å². The fourth-order valence-electron chi connectivity index (χ4n) is 7.00. The fourth-order valence-corrected chi connectivity index (χ4v) is 7.00. The van der Waals surface area contributed by atoms with Crippen LogP contribution in [0, 0.1) is 17.6 Å². The molecular weight excluding hydrogens is 480 g/mol. The van der Waals surface area contributed by atoms with Gasteiger partial charge in [-0.1, -0.05) is 24.3 Å². The van der Waals surface area contributed by atoms with E-state index >= 15 is 0 Å². The number of nitrogens with zero attached hydrogens (tertiary/aromatic N) is 3. The summed E-state index contributed by atoms with van der Waals surface area (Å²) >= 11 is 0. The molecule has 3 aromatic rings. The zero-order valence-corrected chi connectivity index (χ0v) is 19.9. The third-order valence-corrected chi connectivity index (χ3v) is 8.61. The molecule has 7 nitrogen and oxygen atoms in total. The van der Waals surface area contributed by atoms with E-state index in [0.29, 0.717) is 13.0 Å². The number of carbonyl (C=O) groups excluding carboxylic acids is 1. The number of aromatic hydroxyl groups is 1. The van der Waals surface area contributed by atoms with E-state index in [0.717, 1.165) is 30.4 Å². The van der Waals surface area contributed by atoms with E-state index in [1.165, 1.54) is 36.5 Å². The van der Waals surface area contributed by atoms with Crippen LogP contribution < -0.4 is 10.4 Å². The molecule has 3 saturated heterocycles. The molecule has 5 heterocycles. The molecule has 1 spiro atoms. The van der Waals surface area contributed by atoms with Crippen LogP contribution in [0.3, 0.4) is 0 Å². The second kappa shape index (κ2) is 7.89. The largest absolute Gasteiger partial charge is 0.502 e. The van der Waals surface area contributed by atoms with Gasteiger partial charge < -0.3 is 14.7 Å². The van der Waals surface area contributed by atoms with Gasteiger partial charge in [0, 0.05) is 24.7 Å². The molecule has 4 aliphatic rings. The summed E-state index contributed by atoms with van der Waals surface area (Å²) < 4.78 is 36.0. The van der Waals surface area contributed by atoms with Crippen molar-refractivity contribution in [2.24, 2.45) is 5.92 Å². The van der Waals surface area contributed by atoms with E-state index < -0.39 is 40.9 Å². The van der Waals surface area contributed by atoms with Gasteiger partial charge in [-0.3, -0.25) is 19.3 Å². The van der Waals surface area contributed by atoms with E-state index in [1.54, 1.807) is 33.8 Å². The highest BCUT2D eigenvalue weighted by Gasteiger charge is 2.63. The van der Waals surface area contributed by atoms with Crippen molar-refractivity contribution >= 4 is 5.91 Å². The molecular formula is C28H25F2N3O4. The number of carbonyl (C=O) groups is 1. The van der Waals surface area contributed by atoms with E-state index in [9.17, 15) is 23.5 Å². The van der Waals surface area contributed by atoms with Crippen molar-refractivity contribution in [3.63, 3.8) is 0 Å². The lowest BCUT2D eigenvalue weighted by Gasteiger charge is -2.57. The first-order chi connectivity index (χ1) is 17.9. The predicted octanol–water partition coefficient (Wildman–Crippen LogP) is 3.68. The van der Waals surface area contributed by atoms with Crippen molar-refractivity contribution in [2.75, 3.05) is 11.6 Å². The summed E-state index contributed by atoms with van der Waals surface area (Å²) in [7, 11) is 0. The van der Waals surface area contributed by atoms with E-state index in [4.69, 9.17) is 4.74 Å². The van der Waals surface area contributed by atoms with Crippen LogP contribution >= 0.6 is 0 Å². The molecule has 0 saturated carbocycles. The smallest absolute Gasteiger partial charge is 0.278 e. The van der Waals surface area contributed by atoms with Crippen LogP contribution in [0.4, 0.5) is 8.78 Å². The Balaban J connectivity index is 1.49. The Morgan fingerprint density at radius 1 is 0.946 bits per heavy atom. The maximum absolute atomic E-state index is 14.0. The first kappa shape index (κ1) is 22.5. The Labute approximate surface area is 211 Å². The third-order valence-electron chi connectivity index (χ3n) is 8.61. The van der Waals surface area contributed by atoms with E-state index in [-0.39, 0.29) is 23.3 Å². The third kappa shape index (κ3) is 3.19. The zero-order chi connectivity index (χ0) is 25.5. The van der Waals surface area contributed by atoms with Crippen LogP contribution in [-0.2, 0) is 4.74 Å². The van der Waals surface area contributed by atoms with Gasteiger partial charge in [-0.05, 0) is 61.1 Å². The fraction of sp³-hybridized carbons (Fsp3) is 0.357. The number of pyridine rings is 1. The standard InChI is InChI=1S/C28H25F2N3O4/c29-18-5-1-16(2-6-18)23(17-3-7-19(30)8-4-17)33-26-21-15-20-9-11-28(21,37-20)12-14-31(26)27(36)24-25(35)22(34)10-13-32(24)33/h1-8,10,13,20-21,23,26,35H,9,11-12,14-15H2/t20-,21+,26+,28-/m0/s1. The lowest BCUT2D eigenvalue weighted by atomic mass is 9.71. The Hall–Kier alpha value is -3.72. The first-order valence-corrected chi connectivity index (χ1v) is 12.6. The average Bonchev–Trinajstić information content (AvgIpc) is 3.48. The molecule has 2 bridgehead atoms. The van der Waals surface area contributed by atoms with Crippen molar-refractivity contribution in [2.45, 2.75) is 49.6 Å². The first-order valence-electron chi connectivity index (χ1n) is 12.6. The van der Waals surface area contributed by atoms with Crippen LogP contribution in [0.5, 0.6) is 5.75 Å². The number of hydrogen-bond donors (Lipinski definition) is 1. The molecule has 3 fully saturated rings. The van der Waals surface area contributed by atoms with Crippen LogP contribution in [0.15, 0.2) is 65.6 Å². The van der Waals surface area contributed by atoms with Crippen LogP contribution in [0.2, 0.25) is 0 Å². The van der Waals surface area contributed by atoms with Crippen molar-refractivity contribution < 1.29 is 23.4 Å².